The lowest BCUT2D eigenvalue weighted by molar-refractivity contribution is 0.0747. The topological polar surface area (TPSA) is 49.6 Å². The Hall–Kier alpha value is -2.20. The molecule has 5 heteroatoms. The summed E-state index contributed by atoms with van der Waals surface area (Å²) in [5.41, 5.74) is 9.27. The standard InChI is InChI=1S/C18H20ClN3O/c1-13-2-4-14(5-3-13)18(23)22-10-8-21(9-11-22)17-7-6-15(20)12-16(17)19/h2-7,12H,8-11,20H2,1H3. The van der Waals surface area contributed by atoms with Crippen molar-refractivity contribution < 1.29 is 4.79 Å². The number of rotatable bonds is 2. The Bertz CT molecular complexity index is 707. The van der Waals surface area contributed by atoms with Crippen molar-refractivity contribution in [2.24, 2.45) is 0 Å². The highest BCUT2D eigenvalue weighted by atomic mass is 35.5. The summed E-state index contributed by atoms with van der Waals surface area (Å²) < 4.78 is 0. The largest absolute Gasteiger partial charge is 0.399 e. The van der Waals surface area contributed by atoms with E-state index in [2.05, 4.69) is 4.90 Å². The van der Waals surface area contributed by atoms with Crippen molar-refractivity contribution in [1.82, 2.24) is 4.90 Å². The van der Waals surface area contributed by atoms with Crippen LogP contribution < -0.4 is 10.6 Å². The van der Waals surface area contributed by atoms with E-state index in [0.717, 1.165) is 29.9 Å². The summed E-state index contributed by atoms with van der Waals surface area (Å²) in [6.07, 6.45) is 0. The molecule has 0 spiro atoms. The van der Waals surface area contributed by atoms with Crippen molar-refractivity contribution >= 4 is 28.9 Å². The number of hydrogen-bond donors (Lipinski definition) is 1. The maximum Gasteiger partial charge on any atom is 0.253 e. The highest BCUT2D eigenvalue weighted by molar-refractivity contribution is 6.33. The summed E-state index contributed by atoms with van der Waals surface area (Å²) in [5.74, 6) is 0.0908. The van der Waals surface area contributed by atoms with E-state index < -0.39 is 0 Å². The summed E-state index contributed by atoms with van der Waals surface area (Å²) in [7, 11) is 0. The van der Waals surface area contributed by atoms with E-state index in [1.807, 2.05) is 48.2 Å². The molecule has 2 aromatic carbocycles. The van der Waals surface area contributed by atoms with Gasteiger partial charge in [0.1, 0.15) is 0 Å². The van der Waals surface area contributed by atoms with Gasteiger partial charge in [-0.25, -0.2) is 0 Å². The maximum absolute atomic E-state index is 12.5. The molecule has 1 saturated heterocycles. The van der Waals surface area contributed by atoms with Crippen LogP contribution in [-0.2, 0) is 0 Å². The van der Waals surface area contributed by atoms with Crippen molar-refractivity contribution in [3.8, 4) is 0 Å². The molecule has 1 aliphatic heterocycles. The lowest BCUT2D eigenvalue weighted by Crippen LogP contribution is -2.48. The van der Waals surface area contributed by atoms with E-state index in [1.54, 1.807) is 6.07 Å². The number of anilines is 2. The van der Waals surface area contributed by atoms with Crippen LogP contribution in [0.1, 0.15) is 15.9 Å². The van der Waals surface area contributed by atoms with Crippen LogP contribution in [0.25, 0.3) is 0 Å². The van der Waals surface area contributed by atoms with Gasteiger partial charge in [0, 0.05) is 37.4 Å². The first-order valence-corrected chi connectivity index (χ1v) is 8.08. The number of nitrogen functional groups attached to an aromatic ring is 1. The van der Waals surface area contributed by atoms with Gasteiger partial charge in [0.25, 0.3) is 5.91 Å². The molecule has 1 fully saturated rings. The second-order valence-electron chi connectivity index (χ2n) is 5.86. The molecule has 0 saturated carbocycles. The van der Waals surface area contributed by atoms with Gasteiger partial charge >= 0.3 is 0 Å². The molecule has 1 heterocycles. The Labute approximate surface area is 141 Å². The van der Waals surface area contributed by atoms with E-state index in [4.69, 9.17) is 17.3 Å². The Kier molecular flexibility index (Phi) is 4.44. The predicted octanol–water partition coefficient (Wildman–Crippen LogP) is 3.19. The molecule has 2 aromatic rings. The number of hydrogen-bond acceptors (Lipinski definition) is 3. The van der Waals surface area contributed by atoms with Crippen LogP contribution in [0.5, 0.6) is 0 Å². The van der Waals surface area contributed by atoms with Gasteiger partial charge in [0.2, 0.25) is 0 Å². The van der Waals surface area contributed by atoms with E-state index in [-0.39, 0.29) is 5.91 Å². The number of nitrogens with zero attached hydrogens (tertiary/aromatic N) is 2. The number of aryl methyl sites for hydroxylation is 1. The first-order valence-electron chi connectivity index (χ1n) is 7.70. The lowest BCUT2D eigenvalue weighted by Gasteiger charge is -2.36. The van der Waals surface area contributed by atoms with Gasteiger partial charge in [0.15, 0.2) is 0 Å². The van der Waals surface area contributed by atoms with Crippen molar-refractivity contribution in [2.75, 3.05) is 36.8 Å². The van der Waals surface area contributed by atoms with E-state index in [0.29, 0.717) is 23.8 Å². The van der Waals surface area contributed by atoms with Gasteiger partial charge < -0.3 is 15.5 Å². The van der Waals surface area contributed by atoms with E-state index in [9.17, 15) is 4.79 Å². The first-order chi connectivity index (χ1) is 11.0. The molecule has 0 atom stereocenters. The van der Waals surface area contributed by atoms with E-state index in [1.165, 1.54) is 0 Å². The molecular formula is C18H20ClN3O. The minimum atomic E-state index is 0.0908. The predicted molar refractivity (Wildman–Crippen MR) is 95.2 cm³/mol. The highest BCUT2D eigenvalue weighted by Gasteiger charge is 2.23. The first kappa shape index (κ1) is 15.7. The molecule has 2 N–H and O–H groups in total. The Morgan fingerprint density at radius 1 is 1.04 bits per heavy atom. The number of halogens is 1. The number of amides is 1. The Balaban J connectivity index is 1.66. The molecule has 120 valence electrons. The number of nitrogens with two attached hydrogens (primary N) is 1. The van der Waals surface area contributed by atoms with Crippen molar-refractivity contribution in [1.29, 1.82) is 0 Å². The number of carbonyl (C=O) groups is 1. The zero-order valence-electron chi connectivity index (χ0n) is 13.1. The number of carbonyl (C=O) groups excluding carboxylic acids is 1. The second kappa shape index (κ2) is 6.50. The molecule has 0 radical (unpaired) electrons. The van der Waals surface area contributed by atoms with Gasteiger partial charge in [-0.05, 0) is 37.3 Å². The van der Waals surface area contributed by atoms with Gasteiger partial charge in [0.05, 0.1) is 10.7 Å². The smallest absolute Gasteiger partial charge is 0.253 e. The zero-order chi connectivity index (χ0) is 16.4. The minimum Gasteiger partial charge on any atom is -0.399 e. The van der Waals surface area contributed by atoms with Crippen LogP contribution in [0, 0.1) is 6.92 Å². The molecule has 0 aromatic heterocycles. The molecular weight excluding hydrogens is 310 g/mol. The van der Waals surface area contributed by atoms with E-state index >= 15 is 0 Å². The van der Waals surface area contributed by atoms with Crippen molar-refractivity contribution in [3.05, 3.63) is 58.6 Å². The SMILES string of the molecule is Cc1ccc(C(=O)N2CCN(c3ccc(N)cc3Cl)CC2)cc1. The summed E-state index contributed by atoms with van der Waals surface area (Å²) >= 11 is 6.27. The third-order valence-electron chi connectivity index (χ3n) is 4.18. The van der Waals surface area contributed by atoms with Crippen LogP contribution in [0.2, 0.25) is 5.02 Å². The fraction of sp³-hybridized carbons (Fsp3) is 0.278. The van der Waals surface area contributed by atoms with Gasteiger partial charge in [-0.3, -0.25) is 4.79 Å². The molecule has 4 nitrogen and oxygen atoms in total. The third kappa shape index (κ3) is 3.42. The molecule has 3 rings (SSSR count). The van der Waals surface area contributed by atoms with Crippen molar-refractivity contribution in [2.45, 2.75) is 6.92 Å². The minimum absolute atomic E-state index is 0.0908. The van der Waals surface area contributed by atoms with Gasteiger partial charge in [-0.1, -0.05) is 29.3 Å². The monoisotopic (exact) mass is 329 g/mol. The second-order valence-corrected chi connectivity index (χ2v) is 6.26. The van der Waals surface area contributed by atoms with Crippen LogP contribution in [-0.4, -0.2) is 37.0 Å². The number of benzene rings is 2. The normalized spacial score (nSPS) is 14.9. The molecule has 23 heavy (non-hydrogen) atoms. The van der Waals surface area contributed by atoms with Gasteiger partial charge in [-0.15, -0.1) is 0 Å². The molecule has 0 unspecified atom stereocenters. The molecule has 0 bridgehead atoms. The number of piperazine rings is 1. The zero-order valence-corrected chi connectivity index (χ0v) is 13.9. The summed E-state index contributed by atoms with van der Waals surface area (Å²) in [6, 6.07) is 13.3. The van der Waals surface area contributed by atoms with Crippen molar-refractivity contribution in [3.63, 3.8) is 0 Å². The van der Waals surface area contributed by atoms with Crippen LogP contribution >= 0.6 is 11.6 Å². The Morgan fingerprint density at radius 2 is 1.70 bits per heavy atom. The fourth-order valence-corrected chi connectivity index (χ4v) is 3.12. The lowest BCUT2D eigenvalue weighted by atomic mass is 10.1. The van der Waals surface area contributed by atoms with Crippen LogP contribution in [0.4, 0.5) is 11.4 Å². The van der Waals surface area contributed by atoms with Crippen LogP contribution in [0.15, 0.2) is 42.5 Å². The highest BCUT2D eigenvalue weighted by Crippen LogP contribution is 2.28. The quantitative estimate of drug-likeness (QED) is 0.861. The fourth-order valence-electron chi connectivity index (χ4n) is 2.81. The third-order valence-corrected chi connectivity index (χ3v) is 4.48. The van der Waals surface area contributed by atoms with Crippen LogP contribution in [0.3, 0.4) is 0 Å². The average Bonchev–Trinajstić information content (AvgIpc) is 2.55. The summed E-state index contributed by atoms with van der Waals surface area (Å²) in [4.78, 5) is 16.6. The maximum atomic E-state index is 12.5. The summed E-state index contributed by atoms with van der Waals surface area (Å²) in [6.45, 7) is 4.92. The molecule has 0 aliphatic carbocycles. The summed E-state index contributed by atoms with van der Waals surface area (Å²) in [5, 5.41) is 0.656. The average molecular weight is 330 g/mol. The molecule has 1 amide bonds. The Morgan fingerprint density at radius 3 is 2.30 bits per heavy atom. The molecule has 1 aliphatic rings. The van der Waals surface area contributed by atoms with Gasteiger partial charge in [-0.2, -0.15) is 0 Å².